The molecule has 1 N–H and O–H groups in total. The molecule has 3 unspecified atom stereocenters. The van der Waals surface area contributed by atoms with E-state index in [1.807, 2.05) is 12.1 Å². The molecular formula is C14H20FN. The molecular weight excluding hydrogens is 201 g/mol. The largest absolute Gasteiger partial charge is 0.314 e. The topological polar surface area (TPSA) is 12.0 Å². The average Bonchev–Trinajstić information content (AvgIpc) is 2.26. The van der Waals surface area contributed by atoms with Crippen LogP contribution in [0.3, 0.4) is 0 Å². The van der Waals surface area contributed by atoms with Gasteiger partial charge in [-0.2, -0.15) is 0 Å². The molecule has 0 aliphatic heterocycles. The predicted molar refractivity (Wildman–Crippen MR) is 65.0 cm³/mol. The fraction of sp³-hybridized carbons (Fsp3) is 0.571. The van der Waals surface area contributed by atoms with E-state index >= 15 is 0 Å². The quantitative estimate of drug-likeness (QED) is 0.822. The van der Waals surface area contributed by atoms with Gasteiger partial charge in [-0.1, -0.05) is 38.5 Å². The van der Waals surface area contributed by atoms with E-state index in [1.54, 1.807) is 12.1 Å². The molecule has 1 aliphatic rings. The van der Waals surface area contributed by atoms with Crippen LogP contribution in [0.25, 0.3) is 0 Å². The smallest absolute Gasteiger partial charge is 0.126 e. The normalized spacial score (nSPS) is 28.8. The van der Waals surface area contributed by atoms with Crippen LogP contribution < -0.4 is 5.32 Å². The van der Waals surface area contributed by atoms with Gasteiger partial charge < -0.3 is 5.32 Å². The van der Waals surface area contributed by atoms with Gasteiger partial charge in [0.2, 0.25) is 0 Å². The van der Waals surface area contributed by atoms with Crippen LogP contribution in [0, 0.1) is 11.7 Å². The third kappa shape index (κ3) is 1.99. The molecule has 2 rings (SSSR count). The van der Waals surface area contributed by atoms with E-state index in [0.29, 0.717) is 17.9 Å². The Morgan fingerprint density at radius 3 is 2.69 bits per heavy atom. The Hall–Kier alpha value is -0.890. The molecule has 0 spiro atoms. The summed E-state index contributed by atoms with van der Waals surface area (Å²) in [6.45, 7) is 5.33. The van der Waals surface area contributed by atoms with Crippen molar-refractivity contribution < 1.29 is 4.39 Å². The Balaban J connectivity index is 2.10. The molecule has 0 amide bonds. The Bertz CT molecular complexity index is 350. The maximum absolute atomic E-state index is 13.7. The third-order valence-corrected chi connectivity index (χ3v) is 3.78. The number of benzene rings is 1. The van der Waals surface area contributed by atoms with Crippen LogP contribution >= 0.6 is 0 Å². The molecule has 0 saturated heterocycles. The Labute approximate surface area is 97.1 Å². The van der Waals surface area contributed by atoms with E-state index in [1.165, 1.54) is 0 Å². The minimum atomic E-state index is -0.0408. The first kappa shape index (κ1) is 11.6. The highest BCUT2D eigenvalue weighted by Crippen LogP contribution is 2.45. The van der Waals surface area contributed by atoms with Crippen molar-refractivity contribution in [2.45, 2.75) is 38.6 Å². The van der Waals surface area contributed by atoms with Gasteiger partial charge in [0.25, 0.3) is 0 Å². The molecule has 1 fully saturated rings. The molecule has 1 aliphatic carbocycles. The number of hydrogen-bond donors (Lipinski definition) is 1. The molecule has 16 heavy (non-hydrogen) atoms. The van der Waals surface area contributed by atoms with Gasteiger partial charge >= 0.3 is 0 Å². The summed E-state index contributed by atoms with van der Waals surface area (Å²) in [7, 11) is 0. The second kappa shape index (κ2) is 4.96. The molecule has 0 radical (unpaired) electrons. The summed E-state index contributed by atoms with van der Waals surface area (Å²) < 4.78 is 13.7. The Morgan fingerprint density at radius 2 is 2.06 bits per heavy atom. The molecule has 0 aromatic heterocycles. The zero-order chi connectivity index (χ0) is 11.5. The van der Waals surface area contributed by atoms with Gasteiger partial charge in [-0.3, -0.25) is 0 Å². The average molecular weight is 221 g/mol. The SMILES string of the molecule is CCNC1CC(c2ccccc2F)C1CC. The van der Waals surface area contributed by atoms with E-state index in [0.717, 1.165) is 24.9 Å². The van der Waals surface area contributed by atoms with E-state index in [4.69, 9.17) is 0 Å². The lowest BCUT2D eigenvalue weighted by atomic mass is 9.65. The highest BCUT2D eigenvalue weighted by atomic mass is 19.1. The van der Waals surface area contributed by atoms with Crippen LogP contribution in [-0.2, 0) is 0 Å². The lowest BCUT2D eigenvalue weighted by Gasteiger charge is -2.45. The summed E-state index contributed by atoms with van der Waals surface area (Å²) in [5.41, 5.74) is 0.906. The fourth-order valence-corrected chi connectivity index (χ4v) is 2.91. The maximum atomic E-state index is 13.7. The van der Waals surface area contributed by atoms with Crippen molar-refractivity contribution in [1.82, 2.24) is 5.32 Å². The first-order valence-corrected chi connectivity index (χ1v) is 6.25. The van der Waals surface area contributed by atoms with Gasteiger partial charge in [-0.15, -0.1) is 0 Å². The van der Waals surface area contributed by atoms with E-state index in [-0.39, 0.29) is 5.82 Å². The monoisotopic (exact) mass is 221 g/mol. The second-order valence-electron chi connectivity index (χ2n) is 4.60. The van der Waals surface area contributed by atoms with Crippen LogP contribution in [0.4, 0.5) is 4.39 Å². The highest BCUT2D eigenvalue weighted by molar-refractivity contribution is 5.26. The van der Waals surface area contributed by atoms with Crippen LogP contribution in [0.5, 0.6) is 0 Å². The Morgan fingerprint density at radius 1 is 1.31 bits per heavy atom. The predicted octanol–water partition coefficient (Wildman–Crippen LogP) is 3.32. The molecule has 1 saturated carbocycles. The molecule has 0 bridgehead atoms. The minimum Gasteiger partial charge on any atom is -0.314 e. The maximum Gasteiger partial charge on any atom is 0.126 e. The van der Waals surface area contributed by atoms with Crippen molar-refractivity contribution in [2.75, 3.05) is 6.54 Å². The van der Waals surface area contributed by atoms with Gasteiger partial charge in [-0.25, -0.2) is 4.39 Å². The zero-order valence-electron chi connectivity index (χ0n) is 10.0. The molecule has 1 nitrogen and oxygen atoms in total. The third-order valence-electron chi connectivity index (χ3n) is 3.78. The summed E-state index contributed by atoms with van der Waals surface area (Å²) in [5, 5.41) is 3.48. The summed E-state index contributed by atoms with van der Waals surface area (Å²) in [6, 6.07) is 7.79. The van der Waals surface area contributed by atoms with Crippen molar-refractivity contribution in [1.29, 1.82) is 0 Å². The van der Waals surface area contributed by atoms with Gasteiger partial charge in [0.1, 0.15) is 5.82 Å². The Kier molecular flexibility index (Phi) is 3.59. The van der Waals surface area contributed by atoms with Crippen LogP contribution in [0.15, 0.2) is 24.3 Å². The van der Waals surface area contributed by atoms with Crippen molar-refractivity contribution in [3.63, 3.8) is 0 Å². The van der Waals surface area contributed by atoms with Gasteiger partial charge in [0, 0.05) is 6.04 Å². The van der Waals surface area contributed by atoms with E-state index in [9.17, 15) is 4.39 Å². The first-order chi connectivity index (χ1) is 7.77. The van der Waals surface area contributed by atoms with Crippen LogP contribution in [-0.4, -0.2) is 12.6 Å². The molecule has 0 heterocycles. The molecule has 3 atom stereocenters. The highest BCUT2D eigenvalue weighted by Gasteiger charge is 2.40. The number of hydrogen-bond acceptors (Lipinski definition) is 1. The van der Waals surface area contributed by atoms with Gasteiger partial charge in [-0.05, 0) is 36.4 Å². The summed E-state index contributed by atoms with van der Waals surface area (Å²) >= 11 is 0. The van der Waals surface area contributed by atoms with Crippen molar-refractivity contribution in [3.05, 3.63) is 35.6 Å². The number of rotatable bonds is 4. The second-order valence-corrected chi connectivity index (χ2v) is 4.60. The van der Waals surface area contributed by atoms with Gasteiger partial charge in [0.05, 0.1) is 0 Å². The van der Waals surface area contributed by atoms with Crippen LogP contribution in [0.1, 0.15) is 38.2 Å². The van der Waals surface area contributed by atoms with Crippen molar-refractivity contribution in [2.24, 2.45) is 5.92 Å². The molecule has 2 heteroatoms. The summed E-state index contributed by atoms with van der Waals surface area (Å²) in [6.07, 6.45) is 2.20. The lowest BCUT2D eigenvalue weighted by Crippen LogP contribution is -2.49. The first-order valence-electron chi connectivity index (χ1n) is 6.25. The minimum absolute atomic E-state index is 0.0408. The van der Waals surface area contributed by atoms with Crippen LogP contribution in [0.2, 0.25) is 0 Å². The summed E-state index contributed by atoms with van der Waals surface area (Å²) in [5.74, 6) is 0.966. The number of nitrogens with one attached hydrogen (secondary N) is 1. The van der Waals surface area contributed by atoms with Crippen molar-refractivity contribution in [3.8, 4) is 0 Å². The molecule has 1 aromatic carbocycles. The zero-order valence-corrected chi connectivity index (χ0v) is 10.0. The van der Waals surface area contributed by atoms with E-state index < -0.39 is 0 Å². The lowest BCUT2D eigenvalue weighted by molar-refractivity contribution is 0.159. The standard InChI is InChI=1S/C14H20FN/c1-3-10-12(9-14(10)16-4-2)11-7-5-6-8-13(11)15/h5-8,10,12,14,16H,3-4,9H2,1-2H3. The van der Waals surface area contributed by atoms with Gasteiger partial charge in [0.15, 0.2) is 0 Å². The number of halogens is 1. The van der Waals surface area contributed by atoms with Crippen molar-refractivity contribution >= 4 is 0 Å². The molecule has 88 valence electrons. The summed E-state index contributed by atoms with van der Waals surface area (Å²) in [4.78, 5) is 0. The fourth-order valence-electron chi connectivity index (χ4n) is 2.91. The molecule has 1 aromatic rings. The van der Waals surface area contributed by atoms with E-state index in [2.05, 4.69) is 19.2 Å².